The number of aryl methyl sites for hydroxylation is 1. The van der Waals surface area contributed by atoms with Crippen molar-refractivity contribution >= 4 is 5.97 Å². The highest BCUT2D eigenvalue weighted by Crippen LogP contribution is 2.20. The van der Waals surface area contributed by atoms with Crippen molar-refractivity contribution in [2.45, 2.75) is 26.7 Å². The molecule has 0 radical (unpaired) electrons. The Morgan fingerprint density at radius 2 is 2.17 bits per heavy atom. The molecule has 0 saturated heterocycles. The fraction of sp³-hybridized carbons (Fsp3) is 0.500. The normalized spacial score (nSPS) is 10.7. The average Bonchev–Trinajstić information content (AvgIpc) is 2.30. The van der Waals surface area contributed by atoms with Crippen molar-refractivity contribution in [3.8, 4) is 0 Å². The second kappa shape index (κ2) is 2.97. The summed E-state index contributed by atoms with van der Waals surface area (Å²) in [6, 6.07) is 0. The van der Waals surface area contributed by atoms with Crippen LogP contribution in [-0.2, 0) is 0 Å². The van der Waals surface area contributed by atoms with Gasteiger partial charge in [0.15, 0.2) is 0 Å². The summed E-state index contributed by atoms with van der Waals surface area (Å²) in [5.41, 5.74) is 0.713. The van der Waals surface area contributed by atoms with E-state index in [1.807, 2.05) is 13.8 Å². The minimum Gasteiger partial charge on any atom is -0.477 e. The summed E-state index contributed by atoms with van der Waals surface area (Å²) in [6.45, 7) is 5.36. The fourth-order valence-electron chi connectivity index (χ4n) is 1.04. The molecule has 0 amide bonds. The summed E-state index contributed by atoms with van der Waals surface area (Å²) < 4.78 is 4.79. The van der Waals surface area contributed by atoms with E-state index in [-0.39, 0.29) is 11.5 Å². The predicted octanol–water partition coefficient (Wildman–Crippen LogP) is 1.80. The van der Waals surface area contributed by atoms with Crippen LogP contribution >= 0.6 is 0 Å². The van der Waals surface area contributed by atoms with Crippen LogP contribution in [-0.4, -0.2) is 16.2 Å². The lowest BCUT2D eigenvalue weighted by Crippen LogP contribution is -2.03. The fourth-order valence-corrected chi connectivity index (χ4v) is 1.04. The van der Waals surface area contributed by atoms with Crippen LogP contribution in [0.5, 0.6) is 0 Å². The third-order valence-electron chi connectivity index (χ3n) is 1.65. The molecule has 1 rings (SSSR count). The lowest BCUT2D eigenvalue weighted by molar-refractivity contribution is 0.0693. The molecule has 1 heterocycles. The van der Waals surface area contributed by atoms with Crippen molar-refractivity contribution < 1.29 is 14.4 Å². The largest absolute Gasteiger partial charge is 0.477 e. The van der Waals surface area contributed by atoms with Crippen LogP contribution in [0.1, 0.15) is 41.6 Å². The summed E-state index contributed by atoms with van der Waals surface area (Å²) in [5, 5.41) is 12.5. The Bertz CT molecular complexity index is 301. The number of hydrogen-bond acceptors (Lipinski definition) is 3. The van der Waals surface area contributed by atoms with E-state index in [1.165, 1.54) is 0 Å². The lowest BCUT2D eigenvalue weighted by atomic mass is 10.0. The second-order valence-electron chi connectivity index (χ2n) is 2.96. The SMILES string of the molecule is Cc1onc(C(C)C)c1C(=O)O. The van der Waals surface area contributed by atoms with Gasteiger partial charge in [0.1, 0.15) is 17.0 Å². The van der Waals surface area contributed by atoms with Gasteiger partial charge in [-0.25, -0.2) is 4.79 Å². The Morgan fingerprint density at radius 1 is 1.58 bits per heavy atom. The van der Waals surface area contributed by atoms with E-state index < -0.39 is 5.97 Å². The van der Waals surface area contributed by atoms with E-state index in [0.717, 1.165) is 0 Å². The van der Waals surface area contributed by atoms with E-state index in [1.54, 1.807) is 6.92 Å². The van der Waals surface area contributed by atoms with Gasteiger partial charge in [-0.3, -0.25) is 0 Å². The van der Waals surface area contributed by atoms with Gasteiger partial charge in [0.05, 0.1) is 0 Å². The molecule has 66 valence electrons. The average molecular weight is 169 g/mol. The van der Waals surface area contributed by atoms with Gasteiger partial charge in [0, 0.05) is 0 Å². The van der Waals surface area contributed by atoms with Gasteiger partial charge in [-0.1, -0.05) is 19.0 Å². The topological polar surface area (TPSA) is 63.3 Å². The van der Waals surface area contributed by atoms with Gasteiger partial charge in [-0.15, -0.1) is 0 Å². The number of rotatable bonds is 2. The third-order valence-corrected chi connectivity index (χ3v) is 1.65. The quantitative estimate of drug-likeness (QED) is 0.733. The van der Waals surface area contributed by atoms with Gasteiger partial charge in [0.2, 0.25) is 0 Å². The Hall–Kier alpha value is -1.32. The highest BCUT2D eigenvalue weighted by atomic mass is 16.5. The van der Waals surface area contributed by atoms with Crippen molar-refractivity contribution in [2.75, 3.05) is 0 Å². The molecular formula is C8H11NO3. The van der Waals surface area contributed by atoms with Crippen molar-refractivity contribution in [3.63, 3.8) is 0 Å². The molecule has 0 spiro atoms. The van der Waals surface area contributed by atoms with E-state index in [2.05, 4.69) is 5.16 Å². The maximum atomic E-state index is 10.7. The summed E-state index contributed by atoms with van der Waals surface area (Å²) in [5.74, 6) is -0.530. The molecule has 4 nitrogen and oxygen atoms in total. The summed E-state index contributed by atoms with van der Waals surface area (Å²) >= 11 is 0. The molecule has 1 aromatic heterocycles. The smallest absolute Gasteiger partial charge is 0.341 e. The van der Waals surface area contributed by atoms with Crippen molar-refractivity contribution in [1.29, 1.82) is 0 Å². The third kappa shape index (κ3) is 1.32. The maximum Gasteiger partial charge on any atom is 0.341 e. The Morgan fingerprint density at radius 3 is 2.50 bits per heavy atom. The molecule has 0 fully saturated rings. The number of carbonyl (C=O) groups is 1. The molecule has 0 saturated carbocycles. The van der Waals surface area contributed by atoms with Gasteiger partial charge >= 0.3 is 5.97 Å². The van der Waals surface area contributed by atoms with Crippen LogP contribution < -0.4 is 0 Å². The van der Waals surface area contributed by atoms with Crippen LogP contribution in [0.3, 0.4) is 0 Å². The van der Waals surface area contributed by atoms with E-state index in [0.29, 0.717) is 11.5 Å². The number of nitrogens with zero attached hydrogens (tertiary/aromatic N) is 1. The first-order valence-corrected chi connectivity index (χ1v) is 3.73. The highest BCUT2D eigenvalue weighted by Gasteiger charge is 2.21. The molecule has 1 N–H and O–H groups in total. The van der Waals surface area contributed by atoms with Crippen LogP contribution in [0.2, 0.25) is 0 Å². The summed E-state index contributed by atoms with van der Waals surface area (Å²) in [6.07, 6.45) is 0. The van der Waals surface area contributed by atoms with Gasteiger partial charge < -0.3 is 9.63 Å². The zero-order valence-electron chi connectivity index (χ0n) is 7.29. The van der Waals surface area contributed by atoms with Crippen molar-refractivity contribution in [3.05, 3.63) is 17.0 Å². The Labute approximate surface area is 70.2 Å². The zero-order chi connectivity index (χ0) is 9.30. The molecule has 0 aliphatic carbocycles. The molecule has 0 aliphatic rings. The van der Waals surface area contributed by atoms with Crippen LogP contribution in [0.25, 0.3) is 0 Å². The first-order chi connectivity index (χ1) is 5.54. The van der Waals surface area contributed by atoms with E-state index >= 15 is 0 Å². The maximum absolute atomic E-state index is 10.7. The number of carboxylic acids is 1. The standard InChI is InChI=1S/C8H11NO3/c1-4(2)7-6(8(10)11)5(3)12-9-7/h4H,1-3H3,(H,10,11). The lowest BCUT2D eigenvalue weighted by Gasteiger charge is -1.98. The summed E-state index contributed by atoms with van der Waals surface area (Å²) in [4.78, 5) is 10.7. The van der Waals surface area contributed by atoms with E-state index in [4.69, 9.17) is 9.63 Å². The van der Waals surface area contributed by atoms with Crippen LogP contribution in [0, 0.1) is 6.92 Å². The molecular weight excluding hydrogens is 158 g/mol. The van der Waals surface area contributed by atoms with Crippen molar-refractivity contribution in [2.24, 2.45) is 0 Å². The van der Waals surface area contributed by atoms with Crippen LogP contribution in [0.4, 0.5) is 0 Å². The van der Waals surface area contributed by atoms with Gasteiger partial charge in [-0.2, -0.15) is 0 Å². The molecule has 4 heteroatoms. The van der Waals surface area contributed by atoms with Crippen molar-refractivity contribution in [1.82, 2.24) is 5.16 Å². The van der Waals surface area contributed by atoms with Gasteiger partial charge in [0.25, 0.3) is 0 Å². The number of hydrogen-bond donors (Lipinski definition) is 1. The highest BCUT2D eigenvalue weighted by molar-refractivity contribution is 5.90. The molecule has 0 atom stereocenters. The Balaban J connectivity index is 3.21. The number of aromatic carboxylic acids is 1. The minimum absolute atomic E-state index is 0.0774. The molecule has 12 heavy (non-hydrogen) atoms. The van der Waals surface area contributed by atoms with Crippen LogP contribution in [0.15, 0.2) is 4.52 Å². The zero-order valence-corrected chi connectivity index (χ0v) is 7.29. The first-order valence-electron chi connectivity index (χ1n) is 3.73. The molecule has 0 aromatic carbocycles. The predicted molar refractivity (Wildman–Crippen MR) is 42.3 cm³/mol. The molecule has 0 bridgehead atoms. The molecule has 1 aromatic rings. The molecule has 0 aliphatic heterocycles. The first kappa shape index (κ1) is 8.77. The van der Waals surface area contributed by atoms with E-state index in [9.17, 15) is 4.79 Å². The number of aromatic nitrogens is 1. The van der Waals surface area contributed by atoms with Gasteiger partial charge in [-0.05, 0) is 12.8 Å². The Kier molecular flexibility index (Phi) is 2.17. The minimum atomic E-state index is -0.975. The second-order valence-corrected chi connectivity index (χ2v) is 2.96. The summed E-state index contributed by atoms with van der Waals surface area (Å²) in [7, 11) is 0. The number of carboxylic acid groups (broad SMARTS) is 1. The monoisotopic (exact) mass is 169 g/mol. The molecule has 0 unspecified atom stereocenters.